The van der Waals surface area contributed by atoms with Gasteiger partial charge in [0, 0.05) is 13.1 Å². The van der Waals surface area contributed by atoms with Crippen molar-refractivity contribution in [1.82, 2.24) is 10.6 Å². The second-order valence-corrected chi connectivity index (χ2v) is 6.18. The number of nitrogens with one attached hydrogen (secondary N) is 2. The lowest BCUT2D eigenvalue weighted by Gasteiger charge is -2.25. The first-order valence-corrected chi connectivity index (χ1v) is 9.14. The van der Waals surface area contributed by atoms with Gasteiger partial charge in [0.15, 0.2) is 11.5 Å². The van der Waals surface area contributed by atoms with E-state index in [9.17, 15) is 20.0 Å². The largest absolute Gasteiger partial charge is 0.493 e. The fraction of sp³-hybridized carbons (Fsp3) is 0.286. The Morgan fingerprint density at radius 3 is 2.60 bits per heavy atom. The maximum atomic E-state index is 12.9. The second kappa shape index (κ2) is 11.3. The Morgan fingerprint density at radius 2 is 1.97 bits per heavy atom. The summed E-state index contributed by atoms with van der Waals surface area (Å²) in [5.41, 5.74) is 1.87. The Bertz CT molecular complexity index is 926. The monoisotopic (exact) mass is 412 g/mol. The topological polar surface area (TPSA) is 124 Å². The number of carbonyl (C=O) groups excluding carboxylic acids is 2. The number of nitriles is 1. The molecule has 0 saturated carbocycles. The van der Waals surface area contributed by atoms with E-state index in [0.717, 1.165) is 5.56 Å². The maximum Gasteiger partial charge on any atom is 0.253 e. The second-order valence-electron chi connectivity index (χ2n) is 6.18. The van der Waals surface area contributed by atoms with Crippen LogP contribution in [-0.4, -0.2) is 51.5 Å². The number of aliphatic hydroxyl groups is 1. The van der Waals surface area contributed by atoms with Crippen molar-refractivity contribution in [3.8, 4) is 17.6 Å². The summed E-state index contributed by atoms with van der Waals surface area (Å²) in [5.74, 6) is 0.732. The van der Waals surface area contributed by atoms with E-state index in [1.165, 1.54) is 13.2 Å². The fourth-order valence-corrected chi connectivity index (χ4v) is 2.88. The smallest absolute Gasteiger partial charge is 0.253 e. The van der Waals surface area contributed by atoms with Gasteiger partial charge in [0.2, 0.25) is 6.41 Å². The number of hydrogen-bond acceptors (Lipinski definition) is 7. The first kappa shape index (κ1) is 22.5. The molecular formula is C21H24N4O5. The highest BCUT2D eigenvalue weighted by Crippen LogP contribution is 2.27. The van der Waals surface area contributed by atoms with E-state index in [1.807, 2.05) is 6.07 Å². The summed E-state index contributed by atoms with van der Waals surface area (Å²) in [5, 5.41) is 23.9. The van der Waals surface area contributed by atoms with Crippen molar-refractivity contribution in [3.63, 3.8) is 0 Å². The maximum absolute atomic E-state index is 12.9. The van der Waals surface area contributed by atoms with Gasteiger partial charge in [0.1, 0.15) is 0 Å². The summed E-state index contributed by atoms with van der Waals surface area (Å²) in [7, 11) is 3.07. The summed E-state index contributed by atoms with van der Waals surface area (Å²) < 4.78 is 10.5. The molecule has 2 amide bonds. The lowest BCUT2D eigenvalue weighted by Crippen LogP contribution is -2.37. The molecule has 0 saturated heterocycles. The van der Waals surface area contributed by atoms with Gasteiger partial charge in [-0.2, -0.15) is 5.26 Å². The first-order valence-electron chi connectivity index (χ1n) is 9.14. The van der Waals surface area contributed by atoms with Gasteiger partial charge in [0.25, 0.3) is 5.91 Å². The molecule has 0 aliphatic heterocycles. The molecule has 9 heteroatoms. The summed E-state index contributed by atoms with van der Waals surface area (Å²) in [6, 6.07) is 12.0. The predicted molar refractivity (Wildman–Crippen MR) is 110 cm³/mol. The molecule has 30 heavy (non-hydrogen) atoms. The average Bonchev–Trinajstić information content (AvgIpc) is 2.79. The van der Waals surface area contributed by atoms with Gasteiger partial charge in [0.05, 0.1) is 50.4 Å². The zero-order valence-corrected chi connectivity index (χ0v) is 16.8. The Hall–Kier alpha value is -3.77. The van der Waals surface area contributed by atoms with Crippen molar-refractivity contribution in [1.29, 1.82) is 5.26 Å². The Morgan fingerprint density at radius 1 is 1.20 bits per heavy atom. The molecule has 0 unspecified atom stereocenters. The third-order valence-electron chi connectivity index (χ3n) is 4.35. The van der Waals surface area contributed by atoms with Crippen LogP contribution in [0.15, 0.2) is 36.4 Å². The van der Waals surface area contributed by atoms with E-state index < -0.39 is 5.91 Å². The van der Waals surface area contributed by atoms with Gasteiger partial charge >= 0.3 is 0 Å². The molecule has 2 rings (SSSR count). The van der Waals surface area contributed by atoms with Gasteiger partial charge in [-0.3, -0.25) is 9.59 Å². The third-order valence-corrected chi connectivity index (χ3v) is 4.35. The number of rotatable bonds is 11. The predicted octanol–water partition coefficient (Wildman–Crippen LogP) is 1.01. The number of ether oxygens (including phenoxy) is 2. The standard InChI is InChI=1S/C21H24N4O5/c1-29-19-6-4-16(10-20(19)30-2)12-24-21(28)17-9-15(11-22)3-5-18(17)25(7-8-26)13-23-14-27/h3-6,9-10,14,26H,7-8,12-13H2,1-2H3,(H,23,27)(H,24,28). The van der Waals surface area contributed by atoms with Crippen molar-refractivity contribution in [2.45, 2.75) is 6.54 Å². The van der Waals surface area contributed by atoms with Crippen LogP contribution in [0.3, 0.4) is 0 Å². The van der Waals surface area contributed by atoms with Crippen LogP contribution >= 0.6 is 0 Å². The van der Waals surface area contributed by atoms with Gasteiger partial charge in [-0.1, -0.05) is 6.07 Å². The number of hydrogen-bond donors (Lipinski definition) is 3. The Kier molecular flexibility index (Phi) is 8.47. The molecule has 0 radical (unpaired) electrons. The van der Waals surface area contributed by atoms with Crippen LogP contribution in [0.4, 0.5) is 5.69 Å². The van der Waals surface area contributed by atoms with E-state index in [1.54, 1.807) is 42.3 Å². The molecule has 158 valence electrons. The molecule has 0 aromatic heterocycles. The van der Waals surface area contributed by atoms with E-state index in [2.05, 4.69) is 10.6 Å². The van der Waals surface area contributed by atoms with Crippen LogP contribution in [-0.2, 0) is 11.3 Å². The minimum Gasteiger partial charge on any atom is -0.493 e. The Balaban J connectivity index is 2.27. The molecule has 2 aromatic carbocycles. The van der Waals surface area contributed by atoms with Crippen LogP contribution in [0, 0.1) is 11.3 Å². The van der Waals surface area contributed by atoms with Gasteiger partial charge in [-0.15, -0.1) is 0 Å². The zero-order valence-electron chi connectivity index (χ0n) is 16.8. The van der Waals surface area contributed by atoms with Crippen molar-refractivity contribution in [3.05, 3.63) is 53.1 Å². The molecule has 0 heterocycles. The number of aliphatic hydroxyl groups excluding tert-OH is 1. The van der Waals surface area contributed by atoms with Crippen molar-refractivity contribution in [2.75, 3.05) is 38.9 Å². The average molecular weight is 412 g/mol. The van der Waals surface area contributed by atoms with Crippen LogP contribution in [0.2, 0.25) is 0 Å². The minimum atomic E-state index is -0.397. The number of nitrogens with zero attached hydrogens (tertiary/aromatic N) is 2. The number of amides is 2. The van der Waals surface area contributed by atoms with Crippen LogP contribution in [0.5, 0.6) is 11.5 Å². The van der Waals surface area contributed by atoms with Gasteiger partial charge in [-0.25, -0.2) is 0 Å². The van der Waals surface area contributed by atoms with Crippen molar-refractivity contribution < 1.29 is 24.2 Å². The highest BCUT2D eigenvalue weighted by Gasteiger charge is 2.18. The summed E-state index contributed by atoms with van der Waals surface area (Å²) in [6.45, 7) is 0.351. The van der Waals surface area contributed by atoms with Gasteiger partial charge in [-0.05, 0) is 35.9 Å². The lowest BCUT2D eigenvalue weighted by molar-refractivity contribution is -0.109. The highest BCUT2D eigenvalue weighted by molar-refractivity contribution is 6.00. The normalized spacial score (nSPS) is 9.93. The number of benzene rings is 2. The molecular weight excluding hydrogens is 388 g/mol. The molecule has 3 N–H and O–H groups in total. The van der Waals surface area contributed by atoms with Crippen LogP contribution in [0.1, 0.15) is 21.5 Å². The minimum absolute atomic E-state index is 0.103. The van der Waals surface area contributed by atoms with Gasteiger partial charge < -0.3 is 30.1 Å². The summed E-state index contributed by atoms with van der Waals surface area (Å²) in [6.07, 6.45) is 0.533. The quantitative estimate of drug-likeness (QED) is 0.372. The lowest BCUT2D eigenvalue weighted by atomic mass is 10.1. The van der Waals surface area contributed by atoms with Crippen LogP contribution < -0.4 is 25.0 Å². The van der Waals surface area contributed by atoms with Crippen molar-refractivity contribution >= 4 is 18.0 Å². The first-order chi connectivity index (χ1) is 14.6. The van der Waals surface area contributed by atoms with E-state index >= 15 is 0 Å². The molecule has 0 atom stereocenters. The molecule has 9 nitrogen and oxygen atoms in total. The SMILES string of the molecule is COc1ccc(CNC(=O)c2cc(C#N)ccc2N(CCO)CNC=O)cc1OC. The summed E-state index contributed by atoms with van der Waals surface area (Å²) in [4.78, 5) is 25.2. The van der Waals surface area contributed by atoms with Crippen molar-refractivity contribution in [2.24, 2.45) is 0 Å². The number of anilines is 1. The molecule has 0 fully saturated rings. The third kappa shape index (κ3) is 5.62. The molecule has 0 aliphatic rings. The molecule has 0 bridgehead atoms. The molecule has 0 aliphatic carbocycles. The Labute approximate surface area is 174 Å². The van der Waals surface area contributed by atoms with E-state index in [4.69, 9.17) is 9.47 Å². The molecule has 2 aromatic rings. The highest BCUT2D eigenvalue weighted by atomic mass is 16.5. The fourth-order valence-electron chi connectivity index (χ4n) is 2.88. The van der Waals surface area contributed by atoms with Crippen LogP contribution in [0.25, 0.3) is 0 Å². The zero-order chi connectivity index (χ0) is 21.9. The number of carbonyl (C=O) groups is 2. The number of methoxy groups -OCH3 is 2. The van der Waals surface area contributed by atoms with E-state index in [-0.39, 0.29) is 31.9 Å². The molecule has 0 spiro atoms. The summed E-state index contributed by atoms with van der Waals surface area (Å²) >= 11 is 0. The van der Waals surface area contributed by atoms with E-state index in [0.29, 0.717) is 29.2 Å².